The minimum Gasteiger partial charge on any atom is -0.393 e. The van der Waals surface area contributed by atoms with Crippen molar-refractivity contribution < 1.29 is 5.11 Å². The Hall–Kier alpha value is -1.11. The first-order valence-corrected chi connectivity index (χ1v) is 7.16. The van der Waals surface area contributed by atoms with Crippen molar-refractivity contribution in [2.45, 2.75) is 26.0 Å². The van der Waals surface area contributed by atoms with Crippen molar-refractivity contribution in [3.05, 3.63) is 17.3 Å². The van der Waals surface area contributed by atoms with E-state index >= 15 is 0 Å². The number of aliphatic hydroxyl groups is 1. The van der Waals surface area contributed by atoms with E-state index < -0.39 is 0 Å². The van der Waals surface area contributed by atoms with Gasteiger partial charge < -0.3 is 15.7 Å². The Morgan fingerprint density at radius 2 is 2.44 bits per heavy atom. The molecule has 2 aromatic rings. The number of nitrogens with two attached hydrogens (primary N) is 1. The fraction of sp³-hybridized carbons (Fsp3) is 0.583. The second-order valence-corrected chi connectivity index (χ2v) is 5.79. The SMILES string of the molecule is CC1CN(c2nc3sccn3c2CN)CCC1O. The average Bonchev–Trinajstić information content (AvgIpc) is 2.92. The van der Waals surface area contributed by atoms with Gasteiger partial charge in [0.15, 0.2) is 10.8 Å². The van der Waals surface area contributed by atoms with Gasteiger partial charge in [0.2, 0.25) is 0 Å². The van der Waals surface area contributed by atoms with Crippen LogP contribution in [0.15, 0.2) is 11.6 Å². The van der Waals surface area contributed by atoms with Gasteiger partial charge >= 0.3 is 0 Å². The van der Waals surface area contributed by atoms with Gasteiger partial charge in [0.25, 0.3) is 0 Å². The summed E-state index contributed by atoms with van der Waals surface area (Å²) in [6.45, 7) is 4.26. The molecule has 0 saturated carbocycles. The maximum absolute atomic E-state index is 9.79. The molecule has 98 valence electrons. The fourth-order valence-electron chi connectivity index (χ4n) is 2.59. The largest absolute Gasteiger partial charge is 0.393 e. The molecule has 1 aliphatic rings. The van der Waals surface area contributed by atoms with Crippen LogP contribution >= 0.6 is 11.3 Å². The van der Waals surface area contributed by atoms with Crippen LogP contribution in [0, 0.1) is 5.92 Å². The number of anilines is 1. The topological polar surface area (TPSA) is 66.8 Å². The number of aromatic nitrogens is 2. The van der Waals surface area contributed by atoms with Gasteiger partial charge in [-0.05, 0) is 12.3 Å². The number of piperidine rings is 1. The minimum atomic E-state index is -0.189. The zero-order valence-electron chi connectivity index (χ0n) is 10.4. The van der Waals surface area contributed by atoms with Gasteiger partial charge in [0, 0.05) is 31.2 Å². The van der Waals surface area contributed by atoms with Gasteiger partial charge in [0.1, 0.15) is 0 Å². The molecule has 0 spiro atoms. The van der Waals surface area contributed by atoms with Crippen molar-refractivity contribution >= 4 is 22.1 Å². The molecule has 0 amide bonds. The number of aliphatic hydroxyl groups excluding tert-OH is 1. The third-order valence-corrected chi connectivity index (χ3v) is 4.45. The number of fused-ring (bicyclic) bond motifs is 1. The van der Waals surface area contributed by atoms with Gasteiger partial charge in [-0.15, -0.1) is 11.3 Å². The molecule has 0 bridgehead atoms. The van der Waals surface area contributed by atoms with E-state index in [0.717, 1.165) is 36.0 Å². The molecule has 2 atom stereocenters. The molecule has 3 rings (SSSR count). The lowest BCUT2D eigenvalue weighted by Gasteiger charge is -2.35. The van der Waals surface area contributed by atoms with Gasteiger partial charge in [-0.3, -0.25) is 4.40 Å². The summed E-state index contributed by atoms with van der Waals surface area (Å²) in [4.78, 5) is 7.91. The Kier molecular flexibility index (Phi) is 3.01. The monoisotopic (exact) mass is 266 g/mol. The number of hydrogen-bond acceptors (Lipinski definition) is 5. The van der Waals surface area contributed by atoms with Crippen molar-refractivity contribution in [3.63, 3.8) is 0 Å². The highest BCUT2D eigenvalue weighted by Crippen LogP contribution is 2.28. The Bertz CT molecular complexity index is 549. The zero-order valence-corrected chi connectivity index (χ0v) is 11.2. The minimum absolute atomic E-state index is 0.189. The van der Waals surface area contributed by atoms with E-state index in [1.54, 1.807) is 11.3 Å². The van der Waals surface area contributed by atoms with E-state index in [2.05, 4.69) is 21.2 Å². The van der Waals surface area contributed by atoms with Crippen molar-refractivity contribution in [2.75, 3.05) is 18.0 Å². The fourth-order valence-corrected chi connectivity index (χ4v) is 3.32. The molecule has 3 heterocycles. The molecule has 1 aliphatic heterocycles. The summed E-state index contributed by atoms with van der Waals surface area (Å²) in [5, 5.41) is 11.8. The normalized spacial score (nSPS) is 24.9. The Balaban J connectivity index is 1.96. The van der Waals surface area contributed by atoms with Crippen molar-refractivity contribution in [1.29, 1.82) is 0 Å². The Morgan fingerprint density at radius 3 is 3.17 bits per heavy atom. The molecular weight excluding hydrogens is 248 g/mol. The molecule has 6 heteroatoms. The quantitative estimate of drug-likeness (QED) is 0.853. The molecule has 2 unspecified atom stereocenters. The summed E-state index contributed by atoms with van der Waals surface area (Å²) in [7, 11) is 0. The molecule has 0 aromatic carbocycles. The highest BCUT2D eigenvalue weighted by molar-refractivity contribution is 7.15. The zero-order chi connectivity index (χ0) is 12.7. The maximum Gasteiger partial charge on any atom is 0.195 e. The van der Waals surface area contributed by atoms with Crippen molar-refractivity contribution in [3.8, 4) is 0 Å². The maximum atomic E-state index is 9.79. The van der Waals surface area contributed by atoms with Crippen LogP contribution in [0.4, 0.5) is 5.82 Å². The summed E-state index contributed by atoms with van der Waals surface area (Å²) >= 11 is 1.62. The van der Waals surface area contributed by atoms with Crippen LogP contribution in [0.1, 0.15) is 19.0 Å². The van der Waals surface area contributed by atoms with Gasteiger partial charge in [-0.1, -0.05) is 6.92 Å². The molecule has 0 radical (unpaired) electrons. The van der Waals surface area contributed by atoms with E-state index in [0.29, 0.717) is 6.54 Å². The van der Waals surface area contributed by atoms with Crippen LogP contribution in [0.25, 0.3) is 4.96 Å². The summed E-state index contributed by atoms with van der Waals surface area (Å²) in [6, 6.07) is 0. The molecule has 0 aliphatic carbocycles. The Morgan fingerprint density at radius 1 is 1.61 bits per heavy atom. The van der Waals surface area contributed by atoms with Crippen LogP contribution < -0.4 is 10.6 Å². The Labute approximate surface area is 110 Å². The molecular formula is C12H18N4OS. The summed E-state index contributed by atoms with van der Waals surface area (Å²) in [6.07, 6.45) is 2.63. The highest BCUT2D eigenvalue weighted by Gasteiger charge is 2.27. The first-order valence-electron chi connectivity index (χ1n) is 6.28. The number of hydrogen-bond donors (Lipinski definition) is 2. The smallest absolute Gasteiger partial charge is 0.195 e. The molecule has 3 N–H and O–H groups in total. The third kappa shape index (κ3) is 1.81. The van der Waals surface area contributed by atoms with Crippen LogP contribution in [0.3, 0.4) is 0 Å². The van der Waals surface area contributed by atoms with Crippen LogP contribution in [0.2, 0.25) is 0 Å². The first kappa shape index (κ1) is 12.0. The molecule has 2 aromatic heterocycles. The highest BCUT2D eigenvalue weighted by atomic mass is 32.1. The number of rotatable bonds is 2. The number of thiazole rings is 1. The van der Waals surface area contributed by atoms with E-state index in [9.17, 15) is 5.11 Å². The standard InChI is InChI=1S/C12H18N4OS/c1-8-7-15(3-2-10(8)17)11-9(6-13)16-4-5-18-12(16)14-11/h4-5,8,10,17H,2-3,6-7,13H2,1H3. The second-order valence-electron chi connectivity index (χ2n) is 4.92. The summed E-state index contributed by atoms with van der Waals surface area (Å²) in [5.41, 5.74) is 6.92. The number of nitrogens with zero attached hydrogens (tertiary/aromatic N) is 3. The number of imidazole rings is 1. The lowest BCUT2D eigenvalue weighted by atomic mass is 9.97. The molecule has 1 fully saturated rings. The molecule has 18 heavy (non-hydrogen) atoms. The van der Waals surface area contributed by atoms with Crippen LogP contribution in [-0.2, 0) is 6.54 Å². The lowest BCUT2D eigenvalue weighted by Crippen LogP contribution is -2.42. The first-order chi connectivity index (χ1) is 8.70. The van der Waals surface area contributed by atoms with Crippen molar-refractivity contribution in [1.82, 2.24) is 9.38 Å². The van der Waals surface area contributed by atoms with Crippen LogP contribution in [-0.4, -0.2) is 33.7 Å². The van der Waals surface area contributed by atoms with E-state index in [-0.39, 0.29) is 12.0 Å². The van der Waals surface area contributed by atoms with E-state index in [1.807, 2.05) is 11.6 Å². The van der Waals surface area contributed by atoms with Gasteiger partial charge in [0.05, 0.1) is 11.8 Å². The van der Waals surface area contributed by atoms with Crippen LogP contribution in [0.5, 0.6) is 0 Å². The molecule has 1 saturated heterocycles. The molecule has 5 nitrogen and oxygen atoms in total. The predicted molar refractivity (Wildman–Crippen MR) is 73.0 cm³/mol. The summed E-state index contributed by atoms with van der Waals surface area (Å²) < 4.78 is 2.07. The predicted octanol–water partition coefficient (Wildman–Crippen LogP) is 1.06. The lowest BCUT2D eigenvalue weighted by molar-refractivity contribution is 0.0968. The summed E-state index contributed by atoms with van der Waals surface area (Å²) in [5.74, 6) is 1.27. The average molecular weight is 266 g/mol. The third-order valence-electron chi connectivity index (χ3n) is 3.69. The second kappa shape index (κ2) is 4.53. The van der Waals surface area contributed by atoms with Gasteiger partial charge in [-0.2, -0.15) is 0 Å². The van der Waals surface area contributed by atoms with Gasteiger partial charge in [-0.25, -0.2) is 4.98 Å². The van der Waals surface area contributed by atoms with Crippen molar-refractivity contribution in [2.24, 2.45) is 11.7 Å². The van der Waals surface area contributed by atoms with E-state index in [1.165, 1.54) is 0 Å². The van der Waals surface area contributed by atoms with E-state index in [4.69, 9.17) is 5.73 Å².